The second-order valence-electron chi connectivity index (χ2n) is 4.27. The van der Waals surface area contributed by atoms with E-state index in [1.807, 2.05) is 0 Å². The minimum Gasteiger partial charge on any atom is -0.378 e. The third-order valence-corrected chi connectivity index (χ3v) is 3.96. The van der Waals surface area contributed by atoms with Crippen molar-refractivity contribution >= 4 is 11.6 Å². The molecule has 2 rings (SSSR count). The normalized spacial score (nSPS) is 46.5. The molecule has 0 aromatic carbocycles. The highest BCUT2D eigenvalue weighted by atomic mass is 35.5. The summed E-state index contributed by atoms with van der Waals surface area (Å²) < 4.78 is 5.65. The van der Waals surface area contributed by atoms with Crippen LogP contribution in [0, 0.1) is 11.3 Å². The Balaban J connectivity index is 1.92. The Morgan fingerprint density at radius 2 is 2.33 bits per heavy atom. The molecule has 0 N–H and O–H groups in total. The number of rotatable bonds is 2. The van der Waals surface area contributed by atoms with E-state index in [1.54, 1.807) is 0 Å². The summed E-state index contributed by atoms with van der Waals surface area (Å²) in [6.45, 7) is 3.17. The number of halogens is 1. The van der Waals surface area contributed by atoms with Crippen molar-refractivity contribution in [2.24, 2.45) is 11.3 Å². The fraction of sp³-hybridized carbons (Fsp3) is 1.00. The summed E-state index contributed by atoms with van der Waals surface area (Å²) >= 11 is 5.87. The van der Waals surface area contributed by atoms with Crippen molar-refractivity contribution in [2.75, 3.05) is 12.5 Å². The van der Waals surface area contributed by atoms with E-state index >= 15 is 0 Å². The van der Waals surface area contributed by atoms with Crippen LogP contribution in [0.5, 0.6) is 0 Å². The number of hydrogen-bond acceptors (Lipinski definition) is 1. The molecule has 2 heteroatoms. The van der Waals surface area contributed by atoms with Gasteiger partial charge in [-0.3, -0.25) is 0 Å². The van der Waals surface area contributed by atoms with E-state index in [4.69, 9.17) is 16.3 Å². The van der Waals surface area contributed by atoms with Gasteiger partial charge in [-0.05, 0) is 37.0 Å². The van der Waals surface area contributed by atoms with Crippen molar-refractivity contribution in [3.8, 4) is 0 Å². The zero-order valence-electron chi connectivity index (χ0n) is 7.68. The molecule has 3 unspecified atom stereocenters. The molecule has 1 nitrogen and oxygen atoms in total. The first-order valence-electron chi connectivity index (χ1n) is 4.98. The Morgan fingerprint density at radius 1 is 1.50 bits per heavy atom. The van der Waals surface area contributed by atoms with Crippen LogP contribution in [-0.4, -0.2) is 18.6 Å². The molecular weight excluding hydrogens is 172 g/mol. The Labute approximate surface area is 79.4 Å². The van der Waals surface area contributed by atoms with Gasteiger partial charge in [0.15, 0.2) is 0 Å². The van der Waals surface area contributed by atoms with Crippen molar-refractivity contribution in [1.29, 1.82) is 0 Å². The van der Waals surface area contributed by atoms with Crippen LogP contribution in [0.1, 0.15) is 32.6 Å². The van der Waals surface area contributed by atoms with Crippen LogP contribution in [0.2, 0.25) is 0 Å². The van der Waals surface area contributed by atoms with Gasteiger partial charge in [0.2, 0.25) is 0 Å². The average molecular weight is 189 g/mol. The first-order chi connectivity index (χ1) is 5.80. The van der Waals surface area contributed by atoms with Gasteiger partial charge in [0.05, 0.1) is 6.10 Å². The lowest BCUT2D eigenvalue weighted by Crippen LogP contribution is -2.27. The maximum Gasteiger partial charge on any atom is 0.0578 e. The molecular formula is C10H17ClO. The molecule has 1 saturated carbocycles. The summed E-state index contributed by atoms with van der Waals surface area (Å²) in [6.07, 6.45) is 5.56. The lowest BCUT2D eigenvalue weighted by molar-refractivity contribution is -0.0211. The van der Waals surface area contributed by atoms with Gasteiger partial charge in [-0.25, -0.2) is 0 Å². The van der Waals surface area contributed by atoms with Crippen molar-refractivity contribution in [1.82, 2.24) is 0 Å². The van der Waals surface area contributed by atoms with Gasteiger partial charge in [0.1, 0.15) is 0 Å². The van der Waals surface area contributed by atoms with E-state index in [-0.39, 0.29) is 0 Å². The third-order valence-electron chi connectivity index (χ3n) is 3.59. The molecule has 1 heterocycles. The van der Waals surface area contributed by atoms with E-state index < -0.39 is 0 Å². The number of alkyl halides is 1. The second kappa shape index (κ2) is 3.19. The number of hydrogen-bond donors (Lipinski definition) is 0. The number of ether oxygens (including phenoxy) is 1. The maximum absolute atomic E-state index is 5.87. The predicted molar refractivity (Wildman–Crippen MR) is 50.5 cm³/mol. The van der Waals surface area contributed by atoms with Gasteiger partial charge in [0, 0.05) is 12.5 Å². The SMILES string of the molecule is CCC1CC2(CCO1)CC2CCl. The molecule has 1 aliphatic heterocycles. The zero-order valence-corrected chi connectivity index (χ0v) is 8.44. The largest absolute Gasteiger partial charge is 0.378 e. The van der Waals surface area contributed by atoms with Crippen LogP contribution in [0.3, 0.4) is 0 Å². The Bertz CT molecular complexity index is 171. The Hall–Kier alpha value is 0.250. The molecule has 0 radical (unpaired) electrons. The molecule has 1 spiro atoms. The molecule has 0 amide bonds. The molecule has 3 atom stereocenters. The van der Waals surface area contributed by atoms with Crippen LogP contribution < -0.4 is 0 Å². The zero-order chi connectivity index (χ0) is 8.60. The molecule has 2 fully saturated rings. The lowest BCUT2D eigenvalue weighted by Gasteiger charge is -2.29. The van der Waals surface area contributed by atoms with Crippen LogP contribution >= 0.6 is 11.6 Å². The van der Waals surface area contributed by atoms with Crippen LogP contribution in [0.4, 0.5) is 0 Å². The molecule has 0 aromatic rings. The fourth-order valence-electron chi connectivity index (χ4n) is 2.51. The Morgan fingerprint density at radius 3 is 2.92 bits per heavy atom. The first-order valence-corrected chi connectivity index (χ1v) is 5.52. The lowest BCUT2D eigenvalue weighted by atomic mass is 9.89. The molecule has 0 aromatic heterocycles. The molecule has 1 saturated heterocycles. The van der Waals surface area contributed by atoms with Crippen LogP contribution in [-0.2, 0) is 4.74 Å². The van der Waals surface area contributed by atoms with Crippen LogP contribution in [0.25, 0.3) is 0 Å². The standard InChI is InChI=1S/C10H17ClO/c1-2-9-6-10(3-4-12-9)5-8(10)7-11/h8-9H,2-7H2,1H3. The van der Waals surface area contributed by atoms with Crippen molar-refractivity contribution < 1.29 is 4.74 Å². The molecule has 70 valence electrons. The molecule has 1 aliphatic carbocycles. The highest BCUT2D eigenvalue weighted by Crippen LogP contribution is 2.60. The van der Waals surface area contributed by atoms with E-state index in [0.29, 0.717) is 11.5 Å². The highest BCUT2D eigenvalue weighted by molar-refractivity contribution is 6.18. The van der Waals surface area contributed by atoms with Crippen molar-refractivity contribution in [3.63, 3.8) is 0 Å². The summed E-state index contributed by atoms with van der Waals surface area (Å²) in [5.41, 5.74) is 0.612. The fourth-order valence-corrected chi connectivity index (χ4v) is 2.95. The summed E-state index contributed by atoms with van der Waals surface area (Å²) in [5.74, 6) is 1.66. The van der Waals surface area contributed by atoms with Gasteiger partial charge >= 0.3 is 0 Å². The molecule has 12 heavy (non-hydrogen) atoms. The summed E-state index contributed by atoms with van der Waals surface area (Å²) in [6, 6.07) is 0. The van der Waals surface area contributed by atoms with Crippen LogP contribution in [0.15, 0.2) is 0 Å². The first kappa shape index (κ1) is 8.83. The van der Waals surface area contributed by atoms with Gasteiger partial charge in [-0.15, -0.1) is 11.6 Å². The molecule has 0 bridgehead atoms. The second-order valence-corrected chi connectivity index (χ2v) is 4.58. The van der Waals surface area contributed by atoms with Crippen molar-refractivity contribution in [2.45, 2.75) is 38.7 Å². The average Bonchev–Trinajstić information content (AvgIpc) is 2.78. The predicted octanol–water partition coefficient (Wildman–Crippen LogP) is 2.82. The summed E-state index contributed by atoms with van der Waals surface area (Å²) in [5, 5.41) is 0. The quantitative estimate of drug-likeness (QED) is 0.606. The van der Waals surface area contributed by atoms with Gasteiger partial charge in [-0.1, -0.05) is 6.92 Å². The summed E-state index contributed by atoms with van der Waals surface area (Å²) in [7, 11) is 0. The highest BCUT2D eigenvalue weighted by Gasteiger charge is 2.54. The third kappa shape index (κ3) is 1.38. The Kier molecular flexibility index (Phi) is 2.35. The van der Waals surface area contributed by atoms with Gasteiger partial charge in [0.25, 0.3) is 0 Å². The van der Waals surface area contributed by atoms with Gasteiger partial charge < -0.3 is 4.74 Å². The minimum atomic E-state index is 0.520. The van der Waals surface area contributed by atoms with E-state index in [0.717, 1.165) is 24.8 Å². The maximum atomic E-state index is 5.87. The van der Waals surface area contributed by atoms with Crippen molar-refractivity contribution in [3.05, 3.63) is 0 Å². The monoisotopic (exact) mass is 188 g/mol. The van der Waals surface area contributed by atoms with Gasteiger partial charge in [-0.2, -0.15) is 0 Å². The van der Waals surface area contributed by atoms with E-state index in [9.17, 15) is 0 Å². The van der Waals surface area contributed by atoms with E-state index in [2.05, 4.69) is 6.92 Å². The minimum absolute atomic E-state index is 0.520. The summed E-state index contributed by atoms with van der Waals surface area (Å²) in [4.78, 5) is 0. The molecule has 2 aliphatic rings. The smallest absolute Gasteiger partial charge is 0.0578 e. The van der Waals surface area contributed by atoms with E-state index in [1.165, 1.54) is 19.3 Å². The topological polar surface area (TPSA) is 9.23 Å².